The van der Waals surface area contributed by atoms with Gasteiger partial charge in [-0.2, -0.15) is 18.3 Å². The Kier molecular flexibility index (Phi) is 10.8. The van der Waals surface area contributed by atoms with Gasteiger partial charge < -0.3 is 14.8 Å². The van der Waals surface area contributed by atoms with Gasteiger partial charge in [0.2, 0.25) is 0 Å². The Bertz CT molecular complexity index is 1860. The Morgan fingerprint density at radius 1 is 0.872 bits per heavy atom. The van der Waals surface area contributed by atoms with Crippen LogP contribution in [0.15, 0.2) is 102 Å². The summed E-state index contributed by atoms with van der Waals surface area (Å²) in [4.78, 5) is 47.8. The van der Waals surface area contributed by atoms with E-state index in [9.17, 15) is 37.7 Å². The van der Waals surface area contributed by atoms with E-state index in [2.05, 4.69) is 15.8 Å². The van der Waals surface area contributed by atoms with Crippen LogP contribution in [-0.4, -0.2) is 35.5 Å². The molecule has 4 aromatic carbocycles. The molecule has 0 saturated heterocycles. The zero-order valence-electron chi connectivity index (χ0n) is 24.5. The highest BCUT2D eigenvalue weighted by Crippen LogP contribution is 2.30. The molecule has 0 spiro atoms. The number of rotatable bonds is 11. The number of hydrogen-bond donors (Lipinski definition) is 2. The third-order valence-electron chi connectivity index (χ3n) is 6.21. The quantitative estimate of drug-likeness (QED) is 0.0463. The molecule has 2 N–H and O–H groups in total. The largest absolute Gasteiger partial charge is 0.490 e. The van der Waals surface area contributed by atoms with Crippen molar-refractivity contribution in [3.05, 3.63) is 135 Å². The number of esters is 1. The smallest absolute Gasteiger partial charge is 0.416 e. The number of hydrogen-bond acceptors (Lipinski definition) is 8. The average Bonchev–Trinajstić information content (AvgIpc) is 3.05. The Hall–Kier alpha value is -6.31. The van der Waals surface area contributed by atoms with E-state index in [1.54, 1.807) is 13.0 Å². The number of carbonyl (C=O) groups excluding carboxylic acids is 3. The second-order valence-electron chi connectivity index (χ2n) is 9.55. The fourth-order valence-corrected chi connectivity index (χ4v) is 3.98. The molecule has 11 nitrogen and oxygen atoms in total. The Morgan fingerprint density at radius 3 is 2.23 bits per heavy atom. The van der Waals surface area contributed by atoms with Gasteiger partial charge in [-0.1, -0.05) is 12.1 Å². The zero-order valence-corrected chi connectivity index (χ0v) is 24.5. The van der Waals surface area contributed by atoms with E-state index in [-0.39, 0.29) is 40.6 Å². The van der Waals surface area contributed by atoms with Crippen LogP contribution in [-0.2, 0) is 11.0 Å². The van der Waals surface area contributed by atoms with Gasteiger partial charge in [0, 0.05) is 35.0 Å². The molecule has 0 fully saturated rings. The van der Waals surface area contributed by atoms with Gasteiger partial charge in [0.25, 0.3) is 17.5 Å². The molecule has 0 unspecified atom stereocenters. The van der Waals surface area contributed by atoms with Gasteiger partial charge >= 0.3 is 12.1 Å². The molecule has 0 aliphatic carbocycles. The second kappa shape index (κ2) is 15.1. The second-order valence-corrected chi connectivity index (χ2v) is 9.55. The summed E-state index contributed by atoms with van der Waals surface area (Å²) >= 11 is 0. The molecule has 240 valence electrons. The molecule has 47 heavy (non-hydrogen) atoms. The number of hydrazone groups is 1. The van der Waals surface area contributed by atoms with Crippen molar-refractivity contribution in [2.24, 2.45) is 5.10 Å². The maximum Gasteiger partial charge on any atom is 0.416 e. The lowest BCUT2D eigenvalue weighted by Crippen LogP contribution is -2.18. The van der Waals surface area contributed by atoms with Gasteiger partial charge in [-0.15, -0.1) is 0 Å². The number of non-ortho nitro benzene ring substituents is 1. The number of nitro groups is 1. The predicted octanol–water partition coefficient (Wildman–Crippen LogP) is 6.65. The summed E-state index contributed by atoms with van der Waals surface area (Å²) < 4.78 is 49.9. The van der Waals surface area contributed by atoms with Crippen molar-refractivity contribution in [3.8, 4) is 11.5 Å². The van der Waals surface area contributed by atoms with E-state index in [1.165, 1.54) is 79.0 Å². The highest BCUT2D eigenvalue weighted by molar-refractivity contribution is 6.05. The molecule has 0 aliphatic heterocycles. The monoisotopic (exact) mass is 646 g/mol. The van der Waals surface area contributed by atoms with E-state index in [0.717, 1.165) is 24.3 Å². The minimum absolute atomic E-state index is 0.0796. The van der Waals surface area contributed by atoms with E-state index in [4.69, 9.17) is 9.47 Å². The molecule has 0 atom stereocenters. The lowest BCUT2D eigenvalue weighted by molar-refractivity contribution is -0.384. The van der Waals surface area contributed by atoms with E-state index in [0.29, 0.717) is 11.1 Å². The summed E-state index contributed by atoms with van der Waals surface area (Å²) in [6.07, 6.45) is -0.685. The van der Waals surface area contributed by atoms with Gasteiger partial charge in [0.05, 0.1) is 23.3 Å². The van der Waals surface area contributed by atoms with Crippen molar-refractivity contribution in [2.75, 3.05) is 11.9 Å². The first-order chi connectivity index (χ1) is 22.4. The van der Waals surface area contributed by atoms with Crippen LogP contribution in [0.3, 0.4) is 0 Å². The summed E-state index contributed by atoms with van der Waals surface area (Å²) in [6.45, 7) is 1.98. The number of carbonyl (C=O) groups is 3. The normalized spacial score (nSPS) is 11.3. The Balaban J connectivity index is 1.36. The fraction of sp³-hybridized carbons (Fsp3) is 0.0909. The molecule has 4 aromatic rings. The number of alkyl halides is 3. The summed E-state index contributed by atoms with van der Waals surface area (Å²) in [7, 11) is 0. The van der Waals surface area contributed by atoms with Crippen LogP contribution in [0, 0.1) is 10.1 Å². The molecule has 0 heterocycles. The topological polar surface area (TPSA) is 149 Å². The van der Waals surface area contributed by atoms with Crippen LogP contribution in [0.25, 0.3) is 6.08 Å². The molecule has 0 saturated carbocycles. The molecule has 0 aromatic heterocycles. The minimum atomic E-state index is -4.61. The molecule has 0 aliphatic rings. The van der Waals surface area contributed by atoms with E-state index in [1.807, 2.05) is 0 Å². The Labute approximate surface area is 265 Å². The van der Waals surface area contributed by atoms with Crippen LogP contribution in [0.1, 0.15) is 44.3 Å². The minimum Gasteiger partial charge on any atom is -0.490 e. The molecule has 2 amide bonds. The maximum absolute atomic E-state index is 13.0. The number of nitrogens with zero attached hydrogens (tertiary/aromatic N) is 2. The Morgan fingerprint density at radius 2 is 1.55 bits per heavy atom. The van der Waals surface area contributed by atoms with Gasteiger partial charge in [0.15, 0.2) is 11.5 Å². The van der Waals surface area contributed by atoms with Gasteiger partial charge in [0.1, 0.15) is 0 Å². The lowest BCUT2D eigenvalue weighted by Gasteiger charge is -2.10. The number of benzene rings is 4. The van der Waals surface area contributed by atoms with Crippen molar-refractivity contribution in [1.29, 1.82) is 0 Å². The molecular weight excluding hydrogens is 621 g/mol. The predicted molar refractivity (Wildman–Crippen MR) is 166 cm³/mol. The SMILES string of the molecule is CCOc1cc(C=NNC(=O)c2cccc(NC(=O)c3cccc(C(F)(F)F)c3)c2)ccc1OC(=O)/C=C/c1ccc([N+](=O)[O-])cc1. The molecular formula is C33H25F3N4O7. The number of amides is 2. The van der Waals surface area contributed by atoms with Gasteiger partial charge in [-0.3, -0.25) is 19.7 Å². The van der Waals surface area contributed by atoms with Gasteiger partial charge in [-0.25, -0.2) is 10.2 Å². The number of nitrogens with one attached hydrogen (secondary N) is 2. The molecule has 0 bridgehead atoms. The summed E-state index contributed by atoms with van der Waals surface area (Å²) in [5.74, 6) is -1.79. The van der Waals surface area contributed by atoms with Crippen molar-refractivity contribution in [1.82, 2.24) is 5.43 Å². The highest BCUT2D eigenvalue weighted by atomic mass is 19.4. The number of nitro benzene ring substituents is 1. The van der Waals surface area contributed by atoms with Crippen molar-refractivity contribution in [2.45, 2.75) is 13.1 Å². The molecule has 0 radical (unpaired) electrons. The zero-order chi connectivity index (χ0) is 34.0. The first-order valence-corrected chi connectivity index (χ1v) is 13.8. The summed E-state index contributed by atoms with van der Waals surface area (Å²) in [5, 5.41) is 17.2. The molecule has 4 rings (SSSR count). The van der Waals surface area contributed by atoms with Crippen molar-refractivity contribution in [3.63, 3.8) is 0 Å². The standard InChI is InChI=1S/C33H25F3N4O7/c1-2-46-29-17-22(11-15-28(29)47-30(41)16-12-21-9-13-27(14-10-21)40(44)45)20-37-39-32(43)24-6-4-8-26(19-24)38-31(42)23-5-3-7-25(18-23)33(34,35)36/h3-20H,2H2,1H3,(H,38,42)(H,39,43)/b16-12+,37-20?. The maximum atomic E-state index is 13.0. The number of anilines is 1. The third kappa shape index (κ3) is 9.59. The van der Waals surface area contributed by atoms with Gasteiger partial charge in [-0.05, 0) is 90.9 Å². The first-order valence-electron chi connectivity index (χ1n) is 13.8. The first kappa shape index (κ1) is 33.6. The van der Waals surface area contributed by atoms with E-state index >= 15 is 0 Å². The van der Waals surface area contributed by atoms with Crippen molar-refractivity contribution >= 4 is 41.4 Å². The fourth-order valence-electron chi connectivity index (χ4n) is 3.98. The third-order valence-corrected chi connectivity index (χ3v) is 6.21. The van der Waals surface area contributed by atoms with Crippen LogP contribution in [0.5, 0.6) is 11.5 Å². The summed E-state index contributed by atoms with van der Waals surface area (Å²) in [6, 6.07) is 19.9. The van der Waals surface area contributed by atoms with Crippen LogP contribution < -0.4 is 20.2 Å². The number of halogens is 3. The lowest BCUT2D eigenvalue weighted by atomic mass is 10.1. The van der Waals surface area contributed by atoms with E-state index < -0.39 is 34.4 Å². The van der Waals surface area contributed by atoms with Crippen LogP contribution in [0.4, 0.5) is 24.5 Å². The van der Waals surface area contributed by atoms with Crippen molar-refractivity contribution < 1.29 is 42.0 Å². The highest BCUT2D eigenvalue weighted by Gasteiger charge is 2.31. The number of ether oxygens (including phenoxy) is 2. The average molecular weight is 647 g/mol. The van der Waals surface area contributed by atoms with Crippen LogP contribution in [0.2, 0.25) is 0 Å². The molecule has 14 heteroatoms. The van der Waals surface area contributed by atoms with Crippen LogP contribution >= 0.6 is 0 Å². The summed E-state index contributed by atoms with van der Waals surface area (Å²) in [5.41, 5.74) is 2.43.